The third kappa shape index (κ3) is 4.91. The van der Waals surface area contributed by atoms with E-state index in [-0.39, 0.29) is 29.2 Å². The quantitative estimate of drug-likeness (QED) is 0.672. The van der Waals surface area contributed by atoms with Gasteiger partial charge in [-0.1, -0.05) is 6.07 Å². The van der Waals surface area contributed by atoms with Crippen molar-refractivity contribution in [2.24, 2.45) is 5.92 Å². The molecule has 1 fully saturated rings. The largest absolute Gasteiger partial charge is 0.326 e. The lowest BCUT2D eigenvalue weighted by Crippen LogP contribution is -2.18. The Balaban J connectivity index is 1.79. The molecule has 2 aromatic rings. The highest BCUT2D eigenvalue weighted by molar-refractivity contribution is 9.10. The lowest BCUT2D eigenvalue weighted by atomic mass is 10.1. The van der Waals surface area contributed by atoms with Gasteiger partial charge < -0.3 is 16.0 Å². The number of hydrogen-bond acceptors (Lipinski definition) is 4. The van der Waals surface area contributed by atoms with Crippen LogP contribution in [0, 0.1) is 12.8 Å². The van der Waals surface area contributed by atoms with Crippen molar-refractivity contribution in [2.75, 3.05) is 16.0 Å². The van der Waals surface area contributed by atoms with Gasteiger partial charge >= 0.3 is 0 Å². The lowest BCUT2D eigenvalue weighted by Gasteiger charge is -2.12. The van der Waals surface area contributed by atoms with Crippen molar-refractivity contribution in [2.45, 2.75) is 26.7 Å². The van der Waals surface area contributed by atoms with Crippen LogP contribution in [0.4, 0.5) is 17.2 Å². The summed E-state index contributed by atoms with van der Waals surface area (Å²) in [4.78, 5) is 40.0. The number of carbonyl (C=O) groups is 3. The molecule has 0 atom stereocenters. The van der Waals surface area contributed by atoms with Crippen LogP contribution in [0.1, 0.15) is 35.8 Å². The fraction of sp³-hybridized carbons (Fsp3) is 0.263. The van der Waals surface area contributed by atoms with Gasteiger partial charge in [-0.05, 0) is 65.5 Å². The first-order chi connectivity index (χ1) is 12.8. The van der Waals surface area contributed by atoms with Crippen LogP contribution < -0.4 is 16.0 Å². The molecule has 1 aliphatic carbocycles. The normalized spacial score (nSPS) is 13.0. The lowest BCUT2D eigenvalue weighted by molar-refractivity contribution is -0.117. The van der Waals surface area contributed by atoms with Gasteiger partial charge in [0.2, 0.25) is 11.8 Å². The molecule has 0 saturated heterocycles. The average molecular weight is 431 g/mol. The molecule has 140 valence electrons. The maximum absolute atomic E-state index is 12.7. The van der Waals surface area contributed by atoms with Gasteiger partial charge in [-0.2, -0.15) is 0 Å². The predicted molar refractivity (Wildman–Crippen MR) is 107 cm³/mol. The number of nitrogens with zero attached hydrogens (tertiary/aromatic N) is 1. The fourth-order valence-electron chi connectivity index (χ4n) is 2.46. The van der Waals surface area contributed by atoms with Crippen LogP contribution in [0.3, 0.4) is 0 Å². The second-order valence-corrected chi connectivity index (χ2v) is 7.31. The molecule has 7 nitrogen and oxygen atoms in total. The molecule has 27 heavy (non-hydrogen) atoms. The molecule has 0 unspecified atom stereocenters. The third-order valence-electron chi connectivity index (χ3n) is 4.07. The van der Waals surface area contributed by atoms with Gasteiger partial charge in [-0.25, -0.2) is 4.98 Å². The first-order valence-corrected chi connectivity index (χ1v) is 9.30. The van der Waals surface area contributed by atoms with Crippen LogP contribution in [-0.4, -0.2) is 22.7 Å². The van der Waals surface area contributed by atoms with Crippen LogP contribution in [0.2, 0.25) is 0 Å². The Kier molecular flexibility index (Phi) is 5.55. The molecule has 3 N–H and O–H groups in total. The van der Waals surface area contributed by atoms with Crippen LogP contribution in [-0.2, 0) is 9.59 Å². The predicted octanol–water partition coefficient (Wildman–Crippen LogP) is 3.71. The minimum atomic E-state index is -0.428. The summed E-state index contributed by atoms with van der Waals surface area (Å²) >= 11 is 3.31. The summed E-state index contributed by atoms with van der Waals surface area (Å²) in [6.07, 6.45) is 1.84. The number of hydrogen-bond donors (Lipinski definition) is 3. The molecule has 3 rings (SSSR count). The van der Waals surface area contributed by atoms with Crippen LogP contribution in [0.5, 0.6) is 0 Å². The number of pyridine rings is 1. The molecule has 0 bridgehead atoms. The second-order valence-electron chi connectivity index (χ2n) is 6.46. The molecular weight excluding hydrogens is 412 g/mol. The zero-order chi connectivity index (χ0) is 19.6. The summed E-state index contributed by atoms with van der Waals surface area (Å²) in [5, 5.41) is 8.23. The molecule has 0 aliphatic heterocycles. The summed E-state index contributed by atoms with van der Waals surface area (Å²) in [6, 6.07) is 8.60. The fourth-order valence-corrected chi connectivity index (χ4v) is 2.86. The minimum Gasteiger partial charge on any atom is -0.326 e. The van der Waals surface area contributed by atoms with Gasteiger partial charge in [0.1, 0.15) is 11.5 Å². The van der Waals surface area contributed by atoms with Crippen molar-refractivity contribution in [3.63, 3.8) is 0 Å². The monoisotopic (exact) mass is 430 g/mol. The number of aromatic nitrogens is 1. The Morgan fingerprint density at radius 3 is 2.48 bits per heavy atom. The molecule has 8 heteroatoms. The summed E-state index contributed by atoms with van der Waals surface area (Å²) in [5.41, 5.74) is 2.20. The summed E-state index contributed by atoms with van der Waals surface area (Å²) in [5.74, 6) is -0.309. The van der Waals surface area contributed by atoms with E-state index in [2.05, 4.69) is 36.9 Å². The number of nitrogens with one attached hydrogen (secondary N) is 3. The molecule has 3 amide bonds. The van der Waals surface area contributed by atoms with Crippen LogP contribution in [0.15, 0.2) is 34.8 Å². The zero-order valence-electron chi connectivity index (χ0n) is 14.9. The second kappa shape index (κ2) is 7.87. The van der Waals surface area contributed by atoms with Gasteiger partial charge in [0, 0.05) is 28.7 Å². The van der Waals surface area contributed by atoms with E-state index in [1.165, 1.54) is 6.92 Å². The van der Waals surface area contributed by atoms with Crippen molar-refractivity contribution in [1.29, 1.82) is 0 Å². The van der Waals surface area contributed by atoms with E-state index in [0.29, 0.717) is 15.8 Å². The zero-order valence-corrected chi connectivity index (χ0v) is 16.5. The molecule has 1 aliphatic rings. The average Bonchev–Trinajstić information content (AvgIpc) is 3.44. The molecule has 1 aromatic heterocycles. The molecular formula is C19H19BrN4O3. The van der Waals surface area contributed by atoms with Crippen molar-refractivity contribution in [3.8, 4) is 0 Å². The first kappa shape index (κ1) is 19.0. The SMILES string of the molecule is CC(=O)Nc1ccc(Br)c(C(=O)Nc2cc(NC(=O)C3CC3)ccc2C)n1. The minimum absolute atomic E-state index is 0.00329. The Hall–Kier alpha value is -2.74. The maximum atomic E-state index is 12.7. The van der Waals surface area contributed by atoms with Crippen LogP contribution in [0.25, 0.3) is 0 Å². The van der Waals surface area contributed by atoms with E-state index < -0.39 is 5.91 Å². The number of aryl methyl sites for hydroxylation is 1. The molecule has 0 spiro atoms. The van der Waals surface area contributed by atoms with E-state index >= 15 is 0 Å². The first-order valence-electron chi connectivity index (χ1n) is 8.50. The van der Waals surface area contributed by atoms with E-state index in [9.17, 15) is 14.4 Å². The summed E-state index contributed by atoms with van der Waals surface area (Å²) in [6.45, 7) is 3.23. The summed E-state index contributed by atoms with van der Waals surface area (Å²) in [7, 11) is 0. The van der Waals surface area contributed by atoms with Gasteiger partial charge in [0.15, 0.2) is 0 Å². The number of amides is 3. The number of rotatable bonds is 5. The highest BCUT2D eigenvalue weighted by atomic mass is 79.9. The van der Waals surface area contributed by atoms with Crippen LogP contribution >= 0.6 is 15.9 Å². The Labute approximate surface area is 165 Å². The smallest absolute Gasteiger partial charge is 0.275 e. The highest BCUT2D eigenvalue weighted by Crippen LogP contribution is 2.31. The Morgan fingerprint density at radius 1 is 1.07 bits per heavy atom. The van der Waals surface area contributed by atoms with E-state index in [4.69, 9.17) is 0 Å². The molecule has 1 heterocycles. The van der Waals surface area contributed by atoms with Gasteiger partial charge in [0.05, 0.1) is 0 Å². The van der Waals surface area contributed by atoms with Crippen molar-refractivity contribution >= 4 is 50.8 Å². The molecule has 1 aromatic carbocycles. The number of anilines is 3. The van der Waals surface area contributed by atoms with Gasteiger partial charge in [-0.15, -0.1) is 0 Å². The number of halogens is 1. The third-order valence-corrected chi connectivity index (χ3v) is 4.71. The van der Waals surface area contributed by atoms with Gasteiger partial charge in [0.25, 0.3) is 5.91 Å². The van der Waals surface area contributed by atoms with E-state index in [0.717, 1.165) is 18.4 Å². The highest BCUT2D eigenvalue weighted by Gasteiger charge is 2.29. The molecule has 1 saturated carbocycles. The Morgan fingerprint density at radius 2 is 1.81 bits per heavy atom. The van der Waals surface area contributed by atoms with Crippen molar-refractivity contribution < 1.29 is 14.4 Å². The molecule has 0 radical (unpaired) electrons. The maximum Gasteiger partial charge on any atom is 0.275 e. The summed E-state index contributed by atoms with van der Waals surface area (Å²) < 4.78 is 0.505. The van der Waals surface area contributed by atoms with Crippen molar-refractivity contribution in [3.05, 3.63) is 46.1 Å². The van der Waals surface area contributed by atoms with E-state index in [1.807, 2.05) is 13.0 Å². The van der Waals surface area contributed by atoms with Gasteiger partial charge in [-0.3, -0.25) is 14.4 Å². The standard InChI is InChI=1S/C19H19BrN4O3/c1-10-3-6-13(22-18(26)12-4-5-12)9-15(10)23-19(27)17-14(20)7-8-16(24-17)21-11(2)25/h3,6-9,12H,4-5H2,1-2H3,(H,22,26)(H,23,27)(H,21,24,25). The Bertz CT molecular complexity index is 925. The van der Waals surface area contributed by atoms with E-state index in [1.54, 1.807) is 24.3 Å². The number of carbonyl (C=O) groups excluding carboxylic acids is 3. The number of benzene rings is 1. The topological polar surface area (TPSA) is 100 Å². The van der Waals surface area contributed by atoms with Crippen molar-refractivity contribution in [1.82, 2.24) is 4.98 Å².